The number of rotatable bonds is 2. The number of hydrogen-bond acceptors (Lipinski definition) is 2. The summed E-state index contributed by atoms with van der Waals surface area (Å²) in [4.78, 5) is 10.6. The van der Waals surface area contributed by atoms with Gasteiger partial charge >= 0.3 is 0 Å². The first-order valence-electron chi connectivity index (χ1n) is 4.75. The first kappa shape index (κ1) is 10.4. The number of phenols is 1. The van der Waals surface area contributed by atoms with E-state index >= 15 is 0 Å². The molecule has 0 aromatic heterocycles. The molecule has 3 heteroatoms. The molecule has 2 nitrogen and oxygen atoms in total. The minimum atomic E-state index is -0.381. The van der Waals surface area contributed by atoms with Gasteiger partial charge in [0.25, 0.3) is 0 Å². The number of para-hydroxylation sites is 1. The minimum absolute atomic E-state index is 0.122. The first-order valence-corrected chi connectivity index (χ1v) is 4.75. The largest absolute Gasteiger partial charge is 0.507 e. The van der Waals surface area contributed by atoms with E-state index in [1.165, 1.54) is 18.2 Å². The van der Waals surface area contributed by atoms with Crippen LogP contribution in [0.2, 0.25) is 0 Å². The van der Waals surface area contributed by atoms with Crippen LogP contribution in [-0.2, 0) is 0 Å². The average molecular weight is 216 g/mol. The maximum atomic E-state index is 13.0. The summed E-state index contributed by atoms with van der Waals surface area (Å²) in [6, 6.07) is 10.6. The predicted octanol–water partition coefficient (Wildman–Crippen LogP) is 3.01. The monoisotopic (exact) mass is 216 g/mol. The second kappa shape index (κ2) is 4.14. The van der Waals surface area contributed by atoms with E-state index in [1.54, 1.807) is 24.3 Å². The zero-order valence-corrected chi connectivity index (χ0v) is 8.35. The molecule has 0 radical (unpaired) electrons. The van der Waals surface area contributed by atoms with Crippen molar-refractivity contribution >= 4 is 6.29 Å². The normalized spacial score (nSPS) is 10.1. The lowest BCUT2D eigenvalue weighted by atomic mass is 10.0. The van der Waals surface area contributed by atoms with Gasteiger partial charge in [0, 0.05) is 5.56 Å². The summed E-state index contributed by atoms with van der Waals surface area (Å²) in [5.41, 5.74) is 1.19. The minimum Gasteiger partial charge on any atom is -0.507 e. The zero-order chi connectivity index (χ0) is 11.5. The predicted molar refractivity (Wildman–Crippen MR) is 58.9 cm³/mol. The summed E-state index contributed by atoms with van der Waals surface area (Å²) in [7, 11) is 0. The van der Waals surface area contributed by atoms with Crippen LogP contribution in [0.4, 0.5) is 4.39 Å². The Labute approximate surface area is 92.0 Å². The Bertz CT molecular complexity index is 535. The highest BCUT2D eigenvalue weighted by Gasteiger charge is 2.08. The standard InChI is InChI=1S/C13H9FO2/c14-11-5-1-3-9(7-11)12-6-2-4-10(8-15)13(12)16/h1-8,16H. The molecule has 0 spiro atoms. The van der Waals surface area contributed by atoms with Crippen LogP contribution < -0.4 is 0 Å². The Morgan fingerprint density at radius 2 is 1.88 bits per heavy atom. The lowest BCUT2D eigenvalue weighted by molar-refractivity contribution is 0.112. The molecule has 16 heavy (non-hydrogen) atoms. The van der Waals surface area contributed by atoms with Crippen LogP contribution in [0.5, 0.6) is 5.75 Å². The maximum Gasteiger partial charge on any atom is 0.153 e. The van der Waals surface area contributed by atoms with Crippen LogP contribution in [0.15, 0.2) is 42.5 Å². The highest BCUT2D eigenvalue weighted by atomic mass is 19.1. The van der Waals surface area contributed by atoms with E-state index in [9.17, 15) is 14.3 Å². The van der Waals surface area contributed by atoms with Gasteiger partial charge in [0.05, 0.1) is 5.56 Å². The Morgan fingerprint density at radius 1 is 1.12 bits per heavy atom. The highest BCUT2D eigenvalue weighted by molar-refractivity contribution is 5.85. The molecule has 2 aromatic carbocycles. The van der Waals surface area contributed by atoms with Crippen molar-refractivity contribution in [2.75, 3.05) is 0 Å². The number of aldehydes is 1. The van der Waals surface area contributed by atoms with E-state index in [2.05, 4.69) is 0 Å². The van der Waals surface area contributed by atoms with Gasteiger partial charge in [-0.2, -0.15) is 0 Å². The summed E-state index contributed by atoms with van der Waals surface area (Å²) >= 11 is 0. The molecule has 0 saturated heterocycles. The number of phenolic OH excluding ortho intramolecular Hbond substituents is 1. The van der Waals surface area contributed by atoms with Crippen molar-refractivity contribution < 1.29 is 14.3 Å². The molecule has 0 atom stereocenters. The molecule has 0 aliphatic carbocycles. The lowest BCUT2D eigenvalue weighted by Gasteiger charge is -2.06. The topological polar surface area (TPSA) is 37.3 Å². The highest BCUT2D eigenvalue weighted by Crippen LogP contribution is 2.31. The second-order valence-corrected chi connectivity index (χ2v) is 3.37. The fourth-order valence-electron chi connectivity index (χ4n) is 1.55. The van der Waals surface area contributed by atoms with Gasteiger partial charge in [-0.3, -0.25) is 4.79 Å². The molecular formula is C13H9FO2. The van der Waals surface area contributed by atoms with E-state index in [0.717, 1.165) is 0 Å². The Kier molecular flexibility index (Phi) is 2.68. The molecule has 0 aliphatic rings. The van der Waals surface area contributed by atoms with E-state index in [0.29, 0.717) is 17.4 Å². The van der Waals surface area contributed by atoms with E-state index in [-0.39, 0.29) is 17.1 Å². The van der Waals surface area contributed by atoms with Gasteiger partial charge < -0.3 is 5.11 Å². The van der Waals surface area contributed by atoms with Gasteiger partial charge in [-0.25, -0.2) is 4.39 Å². The maximum absolute atomic E-state index is 13.0. The third kappa shape index (κ3) is 1.80. The number of carbonyl (C=O) groups is 1. The van der Waals surface area contributed by atoms with Crippen molar-refractivity contribution in [3.63, 3.8) is 0 Å². The van der Waals surface area contributed by atoms with Crippen LogP contribution in [-0.4, -0.2) is 11.4 Å². The van der Waals surface area contributed by atoms with E-state index in [4.69, 9.17) is 0 Å². The Balaban J connectivity index is 2.60. The molecule has 2 rings (SSSR count). The fourth-order valence-corrected chi connectivity index (χ4v) is 1.55. The second-order valence-electron chi connectivity index (χ2n) is 3.37. The summed E-state index contributed by atoms with van der Waals surface area (Å²) in [6.07, 6.45) is 0.568. The summed E-state index contributed by atoms with van der Waals surface area (Å²) in [6.45, 7) is 0. The van der Waals surface area contributed by atoms with Gasteiger partial charge in [0.1, 0.15) is 11.6 Å². The SMILES string of the molecule is O=Cc1cccc(-c2cccc(F)c2)c1O. The van der Waals surface area contributed by atoms with Crippen LogP contribution in [0, 0.1) is 5.82 Å². The van der Waals surface area contributed by atoms with Gasteiger partial charge in [0.15, 0.2) is 6.29 Å². The molecule has 0 heterocycles. The molecule has 2 aromatic rings. The average Bonchev–Trinajstić information content (AvgIpc) is 2.29. The van der Waals surface area contributed by atoms with Gasteiger partial charge in [-0.1, -0.05) is 24.3 Å². The number of benzene rings is 2. The third-order valence-corrected chi connectivity index (χ3v) is 2.33. The van der Waals surface area contributed by atoms with Crippen molar-refractivity contribution in [1.29, 1.82) is 0 Å². The van der Waals surface area contributed by atoms with Crippen LogP contribution in [0.3, 0.4) is 0 Å². The molecule has 0 aliphatic heterocycles. The smallest absolute Gasteiger partial charge is 0.153 e. The lowest BCUT2D eigenvalue weighted by Crippen LogP contribution is -1.86. The summed E-state index contributed by atoms with van der Waals surface area (Å²) < 4.78 is 13.0. The van der Waals surface area contributed by atoms with Gasteiger partial charge in [0.2, 0.25) is 0 Å². The molecule has 0 bridgehead atoms. The zero-order valence-electron chi connectivity index (χ0n) is 8.35. The van der Waals surface area contributed by atoms with Crippen molar-refractivity contribution in [2.24, 2.45) is 0 Å². The van der Waals surface area contributed by atoms with Crippen LogP contribution >= 0.6 is 0 Å². The summed E-state index contributed by atoms with van der Waals surface area (Å²) in [5.74, 6) is -0.503. The Hall–Kier alpha value is -2.16. The van der Waals surface area contributed by atoms with E-state index in [1.807, 2.05) is 0 Å². The van der Waals surface area contributed by atoms with Crippen LogP contribution in [0.1, 0.15) is 10.4 Å². The number of carbonyl (C=O) groups excluding carboxylic acids is 1. The summed E-state index contributed by atoms with van der Waals surface area (Å²) in [5, 5.41) is 9.78. The molecule has 80 valence electrons. The quantitative estimate of drug-likeness (QED) is 0.783. The molecule has 0 saturated carbocycles. The van der Waals surface area contributed by atoms with Crippen LogP contribution in [0.25, 0.3) is 11.1 Å². The Morgan fingerprint density at radius 3 is 2.56 bits per heavy atom. The van der Waals surface area contributed by atoms with Crippen molar-refractivity contribution in [3.8, 4) is 16.9 Å². The number of aromatic hydroxyl groups is 1. The van der Waals surface area contributed by atoms with Crippen molar-refractivity contribution in [2.45, 2.75) is 0 Å². The van der Waals surface area contributed by atoms with Crippen molar-refractivity contribution in [1.82, 2.24) is 0 Å². The third-order valence-electron chi connectivity index (χ3n) is 2.33. The molecule has 1 N–H and O–H groups in total. The fraction of sp³-hybridized carbons (Fsp3) is 0. The van der Waals surface area contributed by atoms with E-state index < -0.39 is 0 Å². The molecule has 0 unspecified atom stereocenters. The first-order chi connectivity index (χ1) is 7.72. The van der Waals surface area contributed by atoms with Crippen molar-refractivity contribution in [3.05, 3.63) is 53.8 Å². The number of halogens is 1. The molecule has 0 amide bonds. The van der Waals surface area contributed by atoms with Gasteiger partial charge in [-0.15, -0.1) is 0 Å². The molecular weight excluding hydrogens is 207 g/mol. The number of hydrogen-bond donors (Lipinski definition) is 1. The van der Waals surface area contributed by atoms with Gasteiger partial charge in [-0.05, 0) is 23.8 Å². The molecule has 0 fully saturated rings.